The third kappa shape index (κ3) is 4.48. The van der Waals surface area contributed by atoms with Crippen molar-refractivity contribution in [2.45, 2.75) is 25.1 Å². The number of rotatable bonds is 6. The van der Waals surface area contributed by atoms with Crippen LogP contribution >= 0.6 is 34.7 Å². The lowest BCUT2D eigenvalue weighted by Gasteiger charge is -2.19. The second-order valence-electron chi connectivity index (χ2n) is 7.60. The molecule has 5 rings (SSSR count). The van der Waals surface area contributed by atoms with E-state index in [0.29, 0.717) is 33.6 Å². The summed E-state index contributed by atoms with van der Waals surface area (Å²) < 4.78 is 7.18. The molecule has 7 nitrogen and oxygen atoms in total. The molecule has 4 aromatic rings. The highest BCUT2D eigenvalue weighted by Gasteiger charge is 2.34. The summed E-state index contributed by atoms with van der Waals surface area (Å²) in [6.07, 6.45) is 2.15. The van der Waals surface area contributed by atoms with Crippen LogP contribution in [0.25, 0.3) is 4.96 Å². The van der Waals surface area contributed by atoms with Gasteiger partial charge in [-0.3, -0.25) is 14.0 Å². The van der Waals surface area contributed by atoms with Crippen LogP contribution in [0.1, 0.15) is 35.2 Å². The number of furan rings is 1. The molecule has 0 aliphatic carbocycles. The van der Waals surface area contributed by atoms with Crippen molar-refractivity contribution in [2.75, 3.05) is 5.75 Å². The maximum atomic E-state index is 13.1. The maximum absolute atomic E-state index is 13.1. The first-order chi connectivity index (χ1) is 16.0. The van der Waals surface area contributed by atoms with Gasteiger partial charge < -0.3 is 4.42 Å². The van der Waals surface area contributed by atoms with Gasteiger partial charge in [0, 0.05) is 34.3 Å². The van der Waals surface area contributed by atoms with Crippen molar-refractivity contribution >= 4 is 51.3 Å². The summed E-state index contributed by atoms with van der Waals surface area (Å²) in [6.45, 7) is 1.88. The van der Waals surface area contributed by atoms with Gasteiger partial charge in [-0.15, -0.1) is 23.1 Å². The lowest BCUT2D eigenvalue weighted by molar-refractivity contribution is -0.130. The maximum Gasteiger partial charge on any atom is 0.258 e. The van der Waals surface area contributed by atoms with Crippen molar-refractivity contribution in [3.8, 4) is 0 Å². The van der Waals surface area contributed by atoms with Gasteiger partial charge in [-0.1, -0.05) is 23.7 Å². The number of hydrogen-bond donors (Lipinski definition) is 0. The summed E-state index contributed by atoms with van der Waals surface area (Å²) in [5.41, 5.74) is 3.15. The highest BCUT2D eigenvalue weighted by molar-refractivity contribution is 7.99. The van der Waals surface area contributed by atoms with Gasteiger partial charge in [0.2, 0.25) is 0 Å². The Morgan fingerprint density at radius 2 is 2.12 bits per heavy atom. The fourth-order valence-corrected chi connectivity index (χ4v) is 5.53. The van der Waals surface area contributed by atoms with Crippen molar-refractivity contribution in [3.05, 3.63) is 92.2 Å². The van der Waals surface area contributed by atoms with E-state index in [9.17, 15) is 9.59 Å². The second kappa shape index (κ2) is 9.17. The summed E-state index contributed by atoms with van der Waals surface area (Å²) in [6, 6.07) is 12.3. The Morgan fingerprint density at radius 1 is 1.30 bits per heavy atom. The van der Waals surface area contributed by atoms with Crippen molar-refractivity contribution < 1.29 is 9.21 Å². The van der Waals surface area contributed by atoms with E-state index in [2.05, 4.69) is 10.1 Å². The molecule has 3 aromatic heterocycles. The molecule has 1 aliphatic heterocycles. The monoisotopic (exact) mass is 498 g/mol. The molecule has 0 radical (unpaired) electrons. The van der Waals surface area contributed by atoms with Crippen molar-refractivity contribution in [1.29, 1.82) is 0 Å². The third-order valence-electron chi connectivity index (χ3n) is 5.32. The van der Waals surface area contributed by atoms with Crippen LogP contribution in [0.5, 0.6) is 0 Å². The number of hydrazone groups is 1. The lowest BCUT2D eigenvalue weighted by Crippen LogP contribution is -2.28. The standard InChI is InChI=1S/C23H19ClN4O3S2/c1-14-11-33-23-25-17(9-21(29)27(14)23)12-32-13-22(30)28-19(20-3-2-8-31-20)10-18(26-28)15-4-6-16(24)7-5-15/h2-9,11,19H,10,12-13H2,1H3/t19-/m0/s1. The van der Waals surface area contributed by atoms with E-state index in [1.165, 1.54) is 34.2 Å². The van der Waals surface area contributed by atoms with E-state index in [1.54, 1.807) is 16.7 Å². The van der Waals surface area contributed by atoms with E-state index in [1.807, 2.05) is 42.6 Å². The molecule has 0 spiro atoms. The van der Waals surface area contributed by atoms with Crippen LogP contribution in [-0.4, -0.2) is 31.8 Å². The molecule has 4 heterocycles. The highest BCUT2D eigenvalue weighted by atomic mass is 35.5. The fourth-order valence-electron chi connectivity index (χ4n) is 3.74. The number of thioether (sulfide) groups is 1. The van der Waals surface area contributed by atoms with Crippen molar-refractivity contribution in [3.63, 3.8) is 0 Å². The molecule has 0 saturated heterocycles. The molecule has 0 unspecified atom stereocenters. The minimum atomic E-state index is -0.299. The number of halogens is 1. The SMILES string of the molecule is Cc1csc2nc(CSCC(=O)N3N=C(c4ccc(Cl)cc4)C[C@H]3c3ccco3)cc(=O)n12. The smallest absolute Gasteiger partial charge is 0.258 e. The quantitative estimate of drug-likeness (QED) is 0.377. The molecule has 168 valence electrons. The van der Waals surface area contributed by atoms with E-state index in [-0.39, 0.29) is 23.3 Å². The van der Waals surface area contributed by atoms with E-state index < -0.39 is 0 Å². The number of amides is 1. The summed E-state index contributed by atoms with van der Waals surface area (Å²) in [4.78, 5) is 30.7. The molecular weight excluding hydrogens is 480 g/mol. The first kappa shape index (κ1) is 21.9. The normalized spacial score (nSPS) is 15.9. The molecule has 1 amide bonds. The fraction of sp³-hybridized carbons (Fsp3) is 0.217. The average molecular weight is 499 g/mol. The number of aryl methyl sites for hydroxylation is 1. The van der Waals surface area contributed by atoms with E-state index in [4.69, 9.17) is 16.0 Å². The summed E-state index contributed by atoms with van der Waals surface area (Å²) in [7, 11) is 0. The lowest BCUT2D eigenvalue weighted by atomic mass is 10.0. The van der Waals surface area contributed by atoms with Crippen molar-refractivity contribution in [2.24, 2.45) is 5.10 Å². The Morgan fingerprint density at radius 3 is 2.88 bits per heavy atom. The predicted octanol–water partition coefficient (Wildman–Crippen LogP) is 4.92. The molecule has 10 heteroatoms. The van der Waals surface area contributed by atoms with Crippen LogP contribution in [0.2, 0.25) is 5.02 Å². The Balaban J connectivity index is 1.31. The van der Waals surface area contributed by atoms with Gasteiger partial charge in [-0.2, -0.15) is 5.10 Å². The zero-order chi connectivity index (χ0) is 22.9. The van der Waals surface area contributed by atoms with Gasteiger partial charge in [-0.25, -0.2) is 9.99 Å². The molecule has 0 bridgehead atoms. The van der Waals surface area contributed by atoms with Gasteiger partial charge in [0.25, 0.3) is 11.5 Å². The number of nitrogens with zero attached hydrogens (tertiary/aromatic N) is 4. The first-order valence-corrected chi connectivity index (χ1v) is 12.6. The minimum absolute atomic E-state index is 0.102. The topological polar surface area (TPSA) is 80.2 Å². The number of carbonyl (C=O) groups is 1. The van der Waals surface area contributed by atoms with Crippen LogP contribution in [0, 0.1) is 6.92 Å². The Kier molecular flexibility index (Phi) is 6.09. The molecule has 1 atom stereocenters. The molecule has 0 fully saturated rings. The predicted molar refractivity (Wildman–Crippen MR) is 131 cm³/mol. The Labute approximate surface area is 202 Å². The molecule has 0 N–H and O–H groups in total. The van der Waals surface area contributed by atoms with Gasteiger partial charge in [0.1, 0.15) is 11.8 Å². The second-order valence-corrected chi connectivity index (χ2v) is 9.86. The van der Waals surface area contributed by atoms with Crippen LogP contribution in [0.15, 0.2) is 68.4 Å². The van der Waals surface area contributed by atoms with Crippen LogP contribution < -0.4 is 5.56 Å². The number of benzene rings is 1. The van der Waals surface area contributed by atoms with E-state index in [0.717, 1.165) is 17.0 Å². The molecular formula is C23H19ClN4O3S2. The number of carbonyl (C=O) groups excluding carboxylic acids is 1. The van der Waals surface area contributed by atoms with Crippen molar-refractivity contribution in [1.82, 2.24) is 14.4 Å². The number of thiazole rings is 1. The van der Waals surface area contributed by atoms with E-state index >= 15 is 0 Å². The van der Waals surface area contributed by atoms with Crippen LogP contribution in [-0.2, 0) is 10.5 Å². The zero-order valence-electron chi connectivity index (χ0n) is 17.6. The third-order valence-corrected chi connectivity index (χ3v) is 7.47. The largest absolute Gasteiger partial charge is 0.467 e. The summed E-state index contributed by atoms with van der Waals surface area (Å²) in [5, 5.41) is 8.68. The summed E-state index contributed by atoms with van der Waals surface area (Å²) >= 11 is 8.85. The van der Waals surface area contributed by atoms with Crippen LogP contribution in [0.3, 0.4) is 0 Å². The minimum Gasteiger partial charge on any atom is -0.467 e. The Bertz CT molecular complexity index is 1390. The molecule has 0 saturated carbocycles. The Hall–Kier alpha value is -2.88. The van der Waals surface area contributed by atoms with Gasteiger partial charge in [-0.05, 0) is 36.8 Å². The average Bonchev–Trinajstić information content (AvgIpc) is 3.54. The van der Waals surface area contributed by atoms with Gasteiger partial charge in [0.05, 0.1) is 23.4 Å². The molecule has 1 aromatic carbocycles. The number of aromatic nitrogens is 2. The van der Waals surface area contributed by atoms with Gasteiger partial charge >= 0.3 is 0 Å². The summed E-state index contributed by atoms with van der Waals surface area (Å²) in [5.74, 6) is 1.23. The van der Waals surface area contributed by atoms with Gasteiger partial charge in [0.15, 0.2) is 4.96 Å². The number of fused-ring (bicyclic) bond motifs is 1. The highest BCUT2D eigenvalue weighted by Crippen LogP contribution is 2.34. The number of hydrogen-bond acceptors (Lipinski definition) is 7. The molecule has 1 aliphatic rings. The molecule has 33 heavy (non-hydrogen) atoms. The first-order valence-electron chi connectivity index (χ1n) is 10.2. The van der Waals surface area contributed by atoms with Crippen LogP contribution in [0.4, 0.5) is 0 Å². The zero-order valence-corrected chi connectivity index (χ0v) is 20.0.